The minimum absolute atomic E-state index is 0.00771. The molecule has 0 spiro atoms. The van der Waals surface area contributed by atoms with E-state index in [1.807, 2.05) is 0 Å². The lowest BCUT2D eigenvalue weighted by Gasteiger charge is -2.28. The zero-order valence-corrected chi connectivity index (χ0v) is 11.7. The third-order valence-electron chi connectivity index (χ3n) is 3.28. The van der Waals surface area contributed by atoms with E-state index < -0.39 is 27.6 Å². The molecular weight excluding hydrogens is 260 g/mol. The van der Waals surface area contributed by atoms with E-state index >= 15 is 0 Å². The minimum atomic E-state index is -3.67. The fourth-order valence-corrected chi connectivity index (χ4v) is 3.38. The topological polar surface area (TPSA) is 95.9 Å². The molecule has 0 aromatic heterocycles. The van der Waals surface area contributed by atoms with Gasteiger partial charge in [0.2, 0.25) is 0 Å². The molecule has 18 heavy (non-hydrogen) atoms. The molecular formula is C10H20N2O5S. The van der Waals surface area contributed by atoms with Crippen LogP contribution in [0.1, 0.15) is 20.8 Å². The number of carboxylic acids is 1. The maximum Gasteiger partial charge on any atom is 0.313 e. The van der Waals surface area contributed by atoms with Crippen molar-refractivity contribution in [2.24, 2.45) is 5.41 Å². The van der Waals surface area contributed by atoms with Crippen molar-refractivity contribution < 1.29 is 23.1 Å². The highest BCUT2D eigenvalue weighted by Gasteiger charge is 2.48. The van der Waals surface area contributed by atoms with Crippen LogP contribution in [0.3, 0.4) is 0 Å². The van der Waals surface area contributed by atoms with Gasteiger partial charge >= 0.3 is 5.97 Å². The lowest BCUT2D eigenvalue weighted by Crippen LogP contribution is -2.53. The van der Waals surface area contributed by atoms with Gasteiger partial charge in [-0.25, -0.2) is 0 Å². The number of hydrogen-bond donors (Lipinski definition) is 2. The van der Waals surface area contributed by atoms with Crippen LogP contribution in [0.5, 0.6) is 0 Å². The third-order valence-corrected chi connectivity index (χ3v) is 5.06. The SMILES string of the molecule is CCN(CC)S(=O)(=O)NC1COCC1(C)C(=O)O. The number of ether oxygens (including phenoxy) is 1. The summed E-state index contributed by atoms with van der Waals surface area (Å²) in [4.78, 5) is 11.2. The second-order valence-electron chi connectivity index (χ2n) is 4.50. The van der Waals surface area contributed by atoms with Gasteiger partial charge in [0.1, 0.15) is 5.41 Å². The molecule has 1 heterocycles. The van der Waals surface area contributed by atoms with Gasteiger partial charge in [-0.1, -0.05) is 13.8 Å². The molecule has 1 fully saturated rings. The average Bonchev–Trinajstić information content (AvgIpc) is 2.62. The first-order valence-corrected chi connectivity index (χ1v) is 7.30. The van der Waals surface area contributed by atoms with Crippen LogP contribution >= 0.6 is 0 Å². The summed E-state index contributed by atoms with van der Waals surface area (Å²) in [6.07, 6.45) is 0. The van der Waals surface area contributed by atoms with Gasteiger partial charge < -0.3 is 9.84 Å². The summed E-state index contributed by atoms with van der Waals surface area (Å²) < 4.78 is 32.8. The van der Waals surface area contributed by atoms with Crippen LogP contribution in [0, 0.1) is 5.41 Å². The van der Waals surface area contributed by atoms with Gasteiger partial charge in [-0.2, -0.15) is 17.4 Å². The van der Waals surface area contributed by atoms with Crippen molar-refractivity contribution >= 4 is 16.2 Å². The third kappa shape index (κ3) is 2.82. The van der Waals surface area contributed by atoms with E-state index in [4.69, 9.17) is 9.84 Å². The number of carboxylic acid groups (broad SMARTS) is 1. The molecule has 2 unspecified atom stereocenters. The summed E-state index contributed by atoms with van der Waals surface area (Å²) in [5, 5.41) is 9.16. The van der Waals surface area contributed by atoms with Crippen molar-refractivity contribution in [3.05, 3.63) is 0 Å². The normalized spacial score (nSPS) is 28.8. The van der Waals surface area contributed by atoms with Crippen molar-refractivity contribution in [2.45, 2.75) is 26.8 Å². The molecule has 8 heteroatoms. The highest BCUT2D eigenvalue weighted by Crippen LogP contribution is 2.29. The first-order chi connectivity index (χ1) is 8.28. The molecule has 0 saturated carbocycles. The van der Waals surface area contributed by atoms with Crippen LogP contribution in [0.25, 0.3) is 0 Å². The Kier molecular flexibility index (Phi) is 4.71. The summed E-state index contributed by atoms with van der Waals surface area (Å²) >= 11 is 0. The number of carbonyl (C=O) groups is 1. The van der Waals surface area contributed by atoms with E-state index in [0.29, 0.717) is 13.1 Å². The quantitative estimate of drug-likeness (QED) is 0.693. The Hall–Kier alpha value is -0.700. The summed E-state index contributed by atoms with van der Waals surface area (Å²) in [7, 11) is -3.67. The molecule has 1 aliphatic heterocycles. The molecule has 0 bridgehead atoms. The van der Waals surface area contributed by atoms with Crippen molar-refractivity contribution in [3.63, 3.8) is 0 Å². The Balaban J connectivity index is 2.87. The first-order valence-electron chi connectivity index (χ1n) is 5.86. The van der Waals surface area contributed by atoms with Crippen LogP contribution in [-0.4, -0.2) is 56.1 Å². The van der Waals surface area contributed by atoms with Crippen molar-refractivity contribution in [1.29, 1.82) is 0 Å². The van der Waals surface area contributed by atoms with Gasteiger partial charge in [0.25, 0.3) is 10.2 Å². The Morgan fingerprint density at radius 3 is 2.50 bits per heavy atom. The molecule has 0 amide bonds. The summed E-state index contributed by atoms with van der Waals surface area (Å²) in [6, 6.07) is -0.749. The summed E-state index contributed by atoms with van der Waals surface area (Å²) in [5.41, 5.74) is -1.22. The minimum Gasteiger partial charge on any atom is -0.481 e. The second-order valence-corrected chi connectivity index (χ2v) is 6.20. The van der Waals surface area contributed by atoms with E-state index in [-0.39, 0.29) is 13.2 Å². The predicted molar refractivity (Wildman–Crippen MR) is 65.3 cm³/mol. The van der Waals surface area contributed by atoms with E-state index in [1.54, 1.807) is 13.8 Å². The molecule has 2 N–H and O–H groups in total. The second kappa shape index (κ2) is 5.52. The standard InChI is InChI=1S/C10H20N2O5S/c1-4-12(5-2)18(15,16)11-8-6-17-7-10(8,3)9(13)14/h8,11H,4-7H2,1-3H3,(H,13,14). The lowest BCUT2D eigenvalue weighted by atomic mass is 9.86. The Labute approximate surface area is 107 Å². The maximum absolute atomic E-state index is 12.0. The van der Waals surface area contributed by atoms with Crippen LogP contribution in [-0.2, 0) is 19.7 Å². The molecule has 7 nitrogen and oxygen atoms in total. The lowest BCUT2D eigenvalue weighted by molar-refractivity contribution is -0.148. The number of aliphatic carboxylic acids is 1. The molecule has 2 atom stereocenters. The first kappa shape index (κ1) is 15.4. The molecule has 1 rings (SSSR count). The molecule has 1 aliphatic rings. The number of hydrogen-bond acceptors (Lipinski definition) is 4. The van der Waals surface area contributed by atoms with Gasteiger partial charge in [0.15, 0.2) is 0 Å². The van der Waals surface area contributed by atoms with Gasteiger partial charge in [0, 0.05) is 13.1 Å². The number of rotatable bonds is 6. The smallest absolute Gasteiger partial charge is 0.313 e. The Morgan fingerprint density at radius 1 is 1.50 bits per heavy atom. The van der Waals surface area contributed by atoms with Gasteiger partial charge in [-0.3, -0.25) is 4.79 Å². The van der Waals surface area contributed by atoms with E-state index in [9.17, 15) is 13.2 Å². The van der Waals surface area contributed by atoms with E-state index in [1.165, 1.54) is 11.2 Å². The molecule has 1 saturated heterocycles. The zero-order valence-electron chi connectivity index (χ0n) is 10.8. The van der Waals surface area contributed by atoms with Gasteiger partial charge in [-0.05, 0) is 6.92 Å². The average molecular weight is 280 g/mol. The molecule has 0 aromatic rings. The van der Waals surface area contributed by atoms with Crippen LogP contribution in [0.2, 0.25) is 0 Å². The number of nitrogens with zero attached hydrogens (tertiary/aromatic N) is 1. The zero-order chi connectivity index (χ0) is 14.0. The van der Waals surface area contributed by atoms with Crippen molar-refractivity contribution in [1.82, 2.24) is 9.03 Å². The van der Waals surface area contributed by atoms with E-state index in [2.05, 4.69) is 4.72 Å². The molecule has 106 valence electrons. The fourth-order valence-electron chi connectivity index (χ4n) is 1.87. The van der Waals surface area contributed by atoms with Gasteiger partial charge in [0.05, 0.1) is 19.3 Å². The van der Waals surface area contributed by atoms with Gasteiger partial charge in [-0.15, -0.1) is 0 Å². The molecule has 0 aromatic carbocycles. The van der Waals surface area contributed by atoms with Crippen LogP contribution in [0.15, 0.2) is 0 Å². The Bertz CT molecular complexity index is 406. The number of nitrogens with one attached hydrogen (secondary N) is 1. The van der Waals surface area contributed by atoms with Crippen LogP contribution < -0.4 is 4.72 Å². The van der Waals surface area contributed by atoms with Crippen molar-refractivity contribution in [3.8, 4) is 0 Å². The van der Waals surface area contributed by atoms with Crippen LogP contribution in [0.4, 0.5) is 0 Å². The molecule has 0 radical (unpaired) electrons. The molecule has 0 aliphatic carbocycles. The van der Waals surface area contributed by atoms with E-state index in [0.717, 1.165) is 0 Å². The highest BCUT2D eigenvalue weighted by atomic mass is 32.2. The summed E-state index contributed by atoms with van der Waals surface area (Å²) in [6.45, 7) is 5.69. The summed E-state index contributed by atoms with van der Waals surface area (Å²) in [5.74, 6) is -1.06. The Morgan fingerprint density at radius 2 is 2.06 bits per heavy atom. The maximum atomic E-state index is 12.0. The monoisotopic (exact) mass is 280 g/mol. The predicted octanol–water partition coefficient (Wildman–Crippen LogP) is -0.348. The largest absolute Gasteiger partial charge is 0.481 e. The highest BCUT2D eigenvalue weighted by molar-refractivity contribution is 7.87. The van der Waals surface area contributed by atoms with Crippen molar-refractivity contribution in [2.75, 3.05) is 26.3 Å². The fraction of sp³-hybridized carbons (Fsp3) is 0.900.